The van der Waals surface area contributed by atoms with Crippen LogP contribution >= 0.6 is 0 Å². The summed E-state index contributed by atoms with van der Waals surface area (Å²) in [5.74, 6) is 0.681. The van der Waals surface area contributed by atoms with Crippen molar-refractivity contribution in [2.24, 2.45) is 5.92 Å². The van der Waals surface area contributed by atoms with E-state index in [4.69, 9.17) is 5.73 Å². The van der Waals surface area contributed by atoms with Crippen molar-refractivity contribution >= 4 is 22.3 Å². The summed E-state index contributed by atoms with van der Waals surface area (Å²) in [4.78, 5) is 4.43. The lowest BCUT2D eigenvalue weighted by Gasteiger charge is -2.18. The summed E-state index contributed by atoms with van der Waals surface area (Å²) < 4.78 is 0. The average molecular weight is 243 g/mol. The lowest BCUT2D eigenvalue weighted by molar-refractivity contribution is 0.540. The minimum Gasteiger partial charge on any atom is -0.398 e. The highest BCUT2D eigenvalue weighted by atomic mass is 14.9. The van der Waals surface area contributed by atoms with E-state index in [0.717, 1.165) is 28.7 Å². The molecule has 0 aliphatic rings. The minimum atomic E-state index is 0.429. The van der Waals surface area contributed by atoms with E-state index in [1.807, 2.05) is 24.3 Å². The number of nitrogens with one attached hydrogen (secondary N) is 1. The minimum absolute atomic E-state index is 0.429. The predicted molar refractivity (Wildman–Crippen MR) is 78.7 cm³/mol. The third-order valence-corrected chi connectivity index (χ3v) is 3.03. The van der Waals surface area contributed by atoms with Gasteiger partial charge in [-0.3, -0.25) is 4.98 Å². The standard InChI is InChI=1S/C15H21N3/c1-10(2)9-11(3)18-14-7-6-13(16)12-5-4-8-17-15(12)14/h4-8,10-11,18H,9,16H2,1-3H3. The van der Waals surface area contributed by atoms with E-state index < -0.39 is 0 Å². The number of aromatic nitrogens is 1. The molecule has 3 heteroatoms. The van der Waals surface area contributed by atoms with Crippen LogP contribution < -0.4 is 11.1 Å². The Morgan fingerprint density at radius 2 is 2.00 bits per heavy atom. The van der Waals surface area contributed by atoms with Crippen LogP contribution in [0, 0.1) is 5.92 Å². The molecule has 0 radical (unpaired) electrons. The largest absolute Gasteiger partial charge is 0.398 e. The molecule has 96 valence electrons. The van der Waals surface area contributed by atoms with Crippen LogP contribution in [-0.4, -0.2) is 11.0 Å². The summed E-state index contributed by atoms with van der Waals surface area (Å²) >= 11 is 0. The van der Waals surface area contributed by atoms with Gasteiger partial charge >= 0.3 is 0 Å². The van der Waals surface area contributed by atoms with Gasteiger partial charge in [-0.2, -0.15) is 0 Å². The number of anilines is 2. The van der Waals surface area contributed by atoms with E-state index >= 15 is 0 Å². The molecule has 3 nitrogen and oxygen atoms in total. The quantitative estimate of drug-likeness (QED) is 0.806. The van der Waals surface area contributed by atoms with Gasteiger partial charge < -0.3 is 11.1 Å². The van der Waals surface area contributed by atoms with Crippen molar-refractivity contribution in [1.82, 2.24) is 4.98 Å². The Hall–Kier alpha value is -1.77. The molecule has 0 saturated carbocycles. The van der Waals surface area contributed by atoms with Crippen molar-refractivity contribution in [1.29, 1.82) is 0 Å². The molecule has 1 aromatic heterocycles. The zero-order chi connectivity index (χ0) is 13.1. The van der Waals surface area contributed by atoms with Crippen molar-refractivity contribution in [3.63, 3.8) is 0 Å². The molecule has 0 amide bonds. The molecule has 0 bridgehead atoms. The topological polar surface area (TPSA) is 50.9 Å². The molecule has 0 saturated heterocycles. The maximum atomic E-state index is 5.97. The zero-order valence-electron chi connectivity index (χ0n) is 11.3. The number of nitrogens with two attached hydrogens (primary N) is 1. The molecule has 2 aromatic rings. The van der Waals surface area contributed by atoms with Gasteiger partial charge in [0.2, 0.25) is 0 Å². The number of rotatable bonds is 4. The molecular weight excluding hydrogens is 222 g/mol. The fourth-order valence-electron chi connectivity index (χ4n) is 2.34. The highest BCUT2D eigenvalue weighted by molar-refractivity contribution is 5.98. The zero-order valence-corrected chi connectivity index (χ0v) is 11.3. The molecule has 1 aromatic carbocycles. The van der Waals surface area contributed by atoms with Gasteiger partial charge in [-0.05, 0) is 43.5 Å². The van der Waals surface area contributed by atoms with Crippen molar-refractivity contribution < 1.29 is 0 Å². The first kappa shape index (κ1) is 12.7. The van der Waals surface area contributed by atoms with Gasteiger partial charge in [0.1, 0.15) is 0 Å². The molecule has 1 atom stereocenters. The van der Waals surface area contributed by atoms with Gasteiger partial charge in [-0.15, -0.1) is 0 Å². The van der Waals surface area contributed by atoms with Gasteiger partial charge in [-0.25, -0.2) is 0 Å². The second-order valence-corrected chi connectivity index (χ2v) is 5.28. The molecule has 1 heterocycles. The van der Waals surface area contributed by atoms with E-state index in [-0.39, 0.29) is 0 Å². The molecule has 0 aliphatic carbocycles. The second kappa shape index (κ2) is 5.25. The smallest absolute Gasteiger partial charge is 0.0953 e. The van der Waals surface area contributed by atoms with Gasteiger partial charge in [0, 0.05) is 23.3 Å². The lowest BCUT2D eigenvalue weighted by Crippen LogP contribution is -2.17. The summed E-state index contributed by atoms with van der Waals surface area (Å²) in [5.41, 5.74) is 8.76. The van der Waals surface area contributed by atoms with Crippen LogP contribution in [0.5, 0.6) is 0 Å². The highest BCUT2D eigenvalue weighted by Crippen LogP contribution is 2.27. The Morgan fingerprint density at radius 3 is 2.72 bits per heavy atom. The van der Waals surface area contributed by atoms with Crippen LogP contribution in [0.2, 0.25) is 0 Å². The molecule has 1 unspecified atom stereocenters. The van der Waals surface area contributed by atoms with Crippen molar-refractivity contribution in [2.75, 3.05) is 11.1 Å². The average Bonchev–Trinajstić information content (AvgIpc) is 2.32. The van der Waals surface area contributed by atoms with E-state index in [9.17, 15) is 0 Å². The highest BCUT2D eigenvalue weighted by Gasteiger charge is 2.09. The van der Waals surface area contributed by atoms with Crippen molar-refractivity contribution in [2.45, 2.75) is 33.2 Å². The third kappa shape index (κ3) is 2.73. The summed E-state index contributed by atoms with van der Waals surface area (Å²) in [7, 11) is 0. The maximum Gasteiger partial charge on any atom is 0.0953 e. The van der Waals surface area contributed by atoms with E-state index in [1.54, 1.807) is 6.20 Å². The number of benzene rings is 1. The molecule has 0 spiro atoms. The van der Waals surface area contributed by atoms with E-state index in [1.165, 1.54) is 0 Å². The maximum absolute atomic E-state index is 5.97. The number of hydrogen-bond donors (Lipinski definition) is 2. The fourth-order valence-corrected chi connectivity index (χ4v) is 2.34. The number of fused-ring (bicyclic) bond motifs is 1. The molecule has 3 N–H and O–H groups in total. The molecule has 0 aliphatic heterocycles. The Labute approximate surface area is 108 Å². The van der Waals surface area contributed by atoms with Crippen LogP contribution in [0.15, 0.2) is 30.5 Å². The van der Waals surface area contributed by atoms with Crippen LogP contribution in [0.1, 0.15) is 27.2 Å². The fraction of sp³-hybridized carbons (Fsp3) is 0.400. The van der Waals surface area contributed by atoms with Crippen LogP contribution in [0.3, 0.4) is 0 Å². The number of nitrogens with zero attached hydrogens (tertiary/aromatic N) is 1. The summed E-state index contributed by atoms with van der Waals surface area (Å²) in [6, 6.07) is 8.31. The van der Waals surface area contributed by atoms with Crippen molar-refractivity contribution in [3.8, 4) is 0 Å². The first-order valence-corrected chi connectivity index (χ1v) is 6.47. The monoisotopic (exact) mass is 243 g/mol. The normalized spacial score (nSPS) is 12.9. The Balaban J connectivity index is 2.31. The third-order valence-electron chi connectivity index (χ3n) is 3.03. The number of hydrogen-bond acceptors (Lipinski definition) is 3. The second-order valence-electron chi connectivity index (χ2n) is 5.28. The first-order valence-electron chi connectivity index (χ1n) is 6.47. The Morgan fingerprint density at radius 1 is 1.22 bits per heavy atom. The van der Waals surface area contributed by atoms with Gasteiger partial charge in [0.05, 0.1) is 11.2 Å². The Bertz CT molecular complexity index is 534. The lowest BCUT2D eigenvalue weighted by atomic mass is 10.0. The first-order chi connectivity index (χ1) is 8.58. The molecule has 0 fully saturated rings. The van der Waals surface area contributed by atoms with Gasteiger partial charge in [0.15, 0.2) is 0 Å². The summed E-state index contributed by atoms with van der Waals surface area (Å²) in [6.07, 6.45) is 2.94. The van der Waals surface area contributed by atoms with E-state index in [2.05, 4.69) is 31.1 Å². The SMILES string of the molecule is CC(C)CC(C)Nc1ccc(N)c2cccnc12. The summed E-state index contributed by atoms with van der Waals surface area (Å²) in [6.45, 7) is 6.67. The summed E-state index contributed by atoms with van der Waals surface area (Å²) in [5, 5.41) is 4.54. The van der Waals surface area contributed by atoms with Gasteiger partial charge in [-0.1, -0.05) is 13.8 Å². The molecule has 2 rings (SSSR count). The number of pyridine rings is 1. The van der Waals surface area contributed by atoms with Crippen LogP contribution in [-0.2, 0) is 0 Å². The van der Waals surface area contributed by atoms with Crippen molar-refractivity contribution in [3.05, 3.63) is 30.5 Å². The Kier molecular flexibility index (Phi) is 3.70. The number of nitrogen functional groups attached to an aromatic ring is 1. The molecule has 18 heavy (non-hydrogen) atoms. The van der Waals surface area contributed by atoms with Crippen LogP contribution in [0.25, 0.3) is 10.9 Å². The van der Waals surface area contributed by atoms with Crippen LogP contribution in [0.4, 0.5) is 11.4 Å². The van der Waals surface area contributed by atoms with E-state index in [0.29, 0.717) is 12.0 Å². The van der Waals surface area contributed by atoms with Gasteiger partial charge in [0.25, 0.3) is 0 Å². The predicted octanol–water partition coefficient (Wildman–Crippen LogP) is 3.66. The molecular formula is C15H21N3.